The molecule has 0 aliphatic carbocycles. The van der Waals surface area contributed by atoms with Gasteiger partial charge in [0.05, 0.1) is 16.5 Å². The molecule has 0 saturated carbocycles. The lowest BCUT2D eigenvalue weighted by molar-refractivity contribution is 0.388. The Hall–Kier alpha value is -1.89. The number of hydrogen-bond donors (Lipinski definition) is 1. The van der Waals surface area contributed by atoms with Crippen LogP contribution in [-0.4, -0.2) is 14.0 Å². The largest absolute Gasteiger partial charge is 0.243 e. The third-order valence-corrected chi connectivity index (χ3v) is 4.66. The Morgan fingerprint density at radius 2 is 1.84 bits per heavy atom. The van der Waals surface area contributed by atoms with E-state index in [9.17, 15) is 8.42 Å². The maximum Gasteiger partial charge on any atom is 0.243 e. The second kappa shape index (κ2) is 5.40. The van der Waals surface area contributed by atoms with E-state index in [4.69, 9.17) is 10.5 Å². The highest BCUT2D eigenvalue weighted by atomic mass is 32.2. The van der Waals surface area contributed by atoms with Crippen molar-refractivity contribution in [1.82, 2.24) is 4.72 Å². The first-order valence-electron chi connectivity index (χ1n) is 5.71. The van der Waals surface area contributed by atoms with E-state index in [2.05, 4.69) is 4.72 Å². The van der Waals surface area contributed by atoms with Crippen molar-refractivity contribution >= 4 is 10.0 Å². The second-order valence-corrected chi connectivity index (χ2v) is 6.33. The van der Waals surface area contributed by atoms with Crippen LogP contribution in [0.2, 0.25) is 0 Å². The summed E-state index contributed by atoms with van der Waals surface area (Å²) in [6.07, 6.45) is 0. The van der Waals surface area contributed by atoms with Gasteiger partial charge in [-0.15, -0.1) is 0 Å². The average molecular weight is 277 g/mol. The molecule has 0 spiro atoms. The van der Waals surface area contributed by atoms with E-state index >= 15 is 0 Å². The number of nitrogens with zero attached hydrogens (tertiary/aromatic N) is 2. The third-order valence-electron chi connectivity index (χ3n) is 3.03. The zero-order valence-electron chi connectivity index (χ0n) is 11.0. The van der Waals surface area contributed by atoms with Gasteiger partial charge in [-0.05, 0) is 25.0 Å². The van der Waals surface area contributed by atoms with Crippen molar-refractivity contribution in [1.29, 1.82) is 10.5 Å². The Kier molecular flexibility index (Phi) is 4.31. The molecule has 0 radical (unpaired) electrons. The van der Waals surface area contributed by atoms with Crippen LogP contribution >= 0.6 is 0 Å². The molecule has 0 heterocycles. The fourth-order valence-corrected chi connectivity index (χ4v) is 3.01. The minimum Gasteiger partial charge on any atom is -0.207 e. The molecule has 0 amide bonds. The fourth-order valence-electron chi connectivity index (χ4n) is 1.40. The van der Waals surface area contributed by atoms with E-state index in [1.54, 1.807) is 19.9 Å². The molecule has 1 atom stereocenters. The van der Waals surface area contributed by atoms with Crippen LogP contribution < -0.4 is 4.72 Å². The molecular weight excluding hydrogens is 262 g/mol. The van der Waals surface area contributed by atoms with Crippen molar-refractivity contribution in [2.24, 2.45) is 5.92 Å². The summed E-state index contributed by atoms with van der Waals surface area (Å²) in [5.74, 6) is -0.207. The molecule has 0 bridgehead atoms. The Bertz CT molecular complexity index is 653. The van der Waals surface area contributed by atoms with Gasteiger partial charge in [0.2, 0.25) is 10.0 Å². The number of benzene rings is 1. The molecule has 1 aromatic rings. The first-order chi connectivity index (χ1) is 8.77. The van der Waals surface area contributed by atoms with Crippen molar-refractivity contribution in [3.05, 3.63) is 29.8 Å². The molecule has 0 aliphatic heterocycles. The molecule has 1 aromatic carbocycles. The van der Waals surface area contributed by atoms with E-state index in [1.807, 2.05) is 12.1 Å². The average Bonchev–Trinajstić information content (AvgIpc) is 2.37. The van der Waals surface area contributed by atoms with Gasteiger partial charge in [0.1, 0.15) is 11.6 Å². The van der Waals surface area contributed by atoms with Crippen molar-refractivity contribution in [3.63, 3.8) is 0 Å². The summed E-state index contributed by atoms with van der Waals surface area (Å²) in [4.78, 5) is -0.111. The van der Waals surface area contributed by atoms with E-state index in [0.29, 0.717) is 0 Å². The predicted octanol–water partition coefficient (Wildman–Crippen LogP) is 1.77. The summed E-state index contributed by atoms with van der Waals surface area (Å²) in [7, 11) is -3.91. The Morgan fingerprint density at radius 3 is 2.32 bits per heavy atom. The predicted molar refractivity (Wildman–Crippen MR) is 70.3 cm³/mol. The van der Waals surface area contributed by atoms with Crippen LogP contribution in [0, 0.1) is 28.6 Å². The normalized spacial score (nSPS) is 14.4. The van der Waals surface area contributed by atoms with Crippen molar-refractivity contribution in [2.45, 2.75) is 31.2 Å². The summed E-state index contributed by atoms with van der Waals surface area (Å²) in [6, 6.07) is 9.69. The van der Waals surface area contributed by atoms with Crippen LogP contribution in [0.4, 0.5) is 0 Å². The first-order valence-corrected chi connectivity index (χ1v) is 7.19. The van der Waals surface area contributed by atoms with Crippen molar-refractivity contribution in [3.8, 4) is 12.1 Å². The number of sulfonamides is 1. The Labute approximate surface area is 113 Å². The lowest BCUT2D eigenvalue weighted by atomic mass is 9.92. The summed E-state index contributed by atoms with van der Waals surface area (Å²) in [5.41, 5.74) is -1.17. The standard InChI is InChI=1S/C13H15N3O2S/c1-10(2)13(3,9-15)16-19(17,18)12-7-5-4-6-11(12)8-14/h4-7,10,16H,1-3H3/t13-/m0/s1. The summed E-state index contributed by atoms with van der Waals surface area (Å²) in [5, 5.41) is 18.1. The van der Waals surface area contributed by atoms with Gasteiger partial charge in [0.25, 0.3) is 0 Å². The molecule has 1 N–H and O–H groups in total. The smallest absolute Gasteiger partial charge is 0.207 e. The molecule has 0 aromatic heterocycles. The van der Waals surface area contributed by atoms with Crippen LogP contribution in [0.25, 0.3) is 0 Å². The van der Waals surface area contributed by atoms with E-state index in [1.165, 1.54) is 25.1 Å². The van der Waals surface area contributed by atoms with Crippen molar-refractivity contribution in [2.75, 3.05) is 0 Å². The van der Waals surface area contributed by atoms with Gasteiger partial charge in [0.15, 0.2) is 0 Å². The zero-order valence-corrected chi connectivity index (χ0v) is 11.8. The number of hydrogen-bond acceptors (Lipinski definition) is 4. The third kappa shape index (κ3) is 3.11. The lowest BCUT2D eigenvalue weighted by Crippen LogP contribution is -2.48. The second-order valence-electron chi connectivity index (χ2n) is 4.68. The van der Waals surface area contributed by atoms with Crippen LogP contribution in [-0.2, 0) is 10.0 Å². The highest BCUT2D eigenvalue weighted by Gasteiger charge is 2.34. The molecule has 1 rings (SSSR count). The number of rotatable bonds is 4. The molecule has 0 fully saturated rings. The molecule has 100 valence electrons. The van der Waals surface area contributed by atoms with Crippen LogP contribution in [0.5, 0.6) is 0 Å². The van der Waals surface area contributed by atoms with Crippen LogP contribution in [0.15, 0.2) is 29.2 Å². The van der Waals surface area contributed by atoms with Crippen molar-refractivity contribution < 1.29 is 8.42 Å². The number of nitriles is 2. The van der Waals surface area contributed by atoms with Gasteiger partial charge >= 0.3 is 0 Å². The van der Waals surface area contributed by atoms with Gasteiger partial charge in [-0.3, -0.25) is 0 Å². The minimum absolute atomic E-state index is 0.0547. The molecule has 0 saturated heterocycles. The topological polar surface area (TPSA) is 93.8 Å². The monoisotopic (exact) mass is 277 g/mol. The first kappa shape index (κ1) is 15.2. The van der Waals surface area contributed by atoms with Gasteiger partial charge < -0.3 is 0 Å². The molecule has 0 unspecified atom stereocenters. The summed E-state index contributed by atoms with van der Waals surface area (Å²) in [6.45, 7) is 5.02. The fraction of sp³-hybridized carbons (Fsp3) is 0.385. The van der Waals surface area contributed by atoms with E-state index in [-0.39, 0.29) is 16.4 Å². The molecule has 5 nitrogen and oxygen atoms in total. The Morgan fingerprint density at radius 1 is 1.26 bits per heavy atom. The highest BCUT2D eigenvalue weighted by molar-refractivity contribution is 7.89. The molecule has 0 aliphatic rings. The van der Waals surface area contributed by atoms with Gasteiger partial charge in [0, 0.05) is 0 Å². The maximum atomic E-state index is 12.3. The van der Waals surface area contributed by atoms with Crippen LogP contribution in [0.3, 0.4) is 0 Å². The van der Waals surface area contributed by atoms with E-state index in [0.717, 1.165) is 0 Å². The number of nitrogens with one attached hydrogen (secondary N) is 1. The van der Waals surface area contributed by atoms with Crippen LogP contribution in [0.1, 0.15) is 26.3 Å². The highest BCUT2D eigenvalue weighted by Crippen LogP contribution is 2.21. The molecular formula is C13H15N3O2S. The molecule has 19 heavy (non-hydrogen) atoms. The van der Waals surface area contributed by atoms with Gasteiger partial charge in [-0.25, -0.2) is 8.42 Å². The SMILES string of the molecule is CC(C)[C@](C)(C#N)NS(=O)(=O)c1ccccc1C#N. The lowest BCUT2D eigenvalue weighted by Gasteiger charge is -2.27. The maximum absolute atomic E-state index is 12.3. The minimum atomic E-state index is -3.91. The summed E-state index contributed by atoms with van der Waals surface area (Å²) >= 11 is 0. The zero-order chi connectivity index (χ0) is 14.7. The quantitative estimate of drug-likeness (QED) is 0.907. The Balaban J connectivity index is 3.28. The van der Waals surface area contributed by atoms with E-state index < -0.39 is 15.6 Å². The molecule has 6 heteroatoms. The van der Waals surface area contributed by atoms with Gasteiger partial charge in [-0.2, -0.15) is 15.2 Å². The van der Waals surface area contributed by atoms with Gasteiger partial charge in [-0.1, -0.05) is 26.0 Å². The summed E-state index contributed by atoms with van der Waals surface area (Å²) < 4.78 is 26.9.